The van der Waals surface area contributed by atoms with Crippen molar-refractivity contribution in [2.75, 3.05) is 39.6 Å². The number of rotatable bonds is 79. The largest absolute Gasteiger partial charge is 0.472 e. The Labute approximate surface area is 618 Å². The number of carbonyl (C=O) groups is 4. The second-order valence-electron chi connectivity index (χ2n) is 29.5. The number of phosphoric ester groups is 2. The molecule has 0 radical (unpaired) electrons. The summed E-state index contributed by atoms with van der Waals surface area (Å²) in [5.41, 5.74) is 0. The predicted molar refractivity (Wildman–Crippen MR) is 414 cm³/mol. The van der Waals surface area contributed by atoms with Gasteiger partial charge in [-0.2, -0.15) is 0 Å². The summed E-state index contributed by atoms with van der Waals surface area (Å²) in [6.07, 6.45) is 66.1. The van der Waals surface area contributed by atoms with Gasteiger partial charge in [0.1, 0.15) is 19.3 Å². The maximum Gasteiger partial charge on any atom is 0.472 e. The van der Waals surface area contributed by atoms with Crippen LogP contribution in [0, 0.1) is 11.8 Å². The molecule has 19 heteroatoms. The lowest BCUT2D eigenvalue weighted by atomic mass is 9.99. The first-order valence-electron chi connectivity index (χ1n) is 41.8. The highest BCUT2D eigenvalue weighted by Crippen LogP contribution is 2.45. The smallest absolute Gasteiger partial charge is 0.462 e. The van der Waals surface area contributed by atoms with Crippen molar-refractivity contribution in [3.8, 4) is 0 Å². The van der Waals surface area contributed by atoms with Gasteiger partial charge in [0.25, 0.3) is 0 Å². The molecule has 3 unspecified atom stereocenters. The molecule has 0 spiro atoms. The van der Waals surface area contributed by atoms with E-state index in [0.29, 0.717) is 31.6 Å². The average molecular weight is 1480 g/mol. The highest BCUT2D eigenvalue weighted by Gasteiger charge is 2.30. The van der Waals surface area contributed by atoms with Crippen LogP contribution in [0.4, 0.5) is 0 Å². The Kier molecular flexibility index (Phi) is 71.3. The molecule has 0 aliphatic carbocycles. The summed E-state index contributed by atoms with van der Waals surface area (Å²) in [6, 6.07) is 0. The summed E-state index contributed by atoms with van der Waals surface area (Å²) in [6.45, 7) is 9.58. The molecule has 3 N–H and O–H groups in total. The zero-order chi connectivity index (χ0) is 74.2. The summed E-state index contributed by atoms with van der Waals surface area (Å²) in [7, 11) is -9.93. The molecular weight excluding hydrogens is 1320 g/mol. The van der Waals surface area contributed by atoms with Gasteiger partial charge in [-0.05, 0) is 63.2 Å². The van der Waals surface area contributed by atoms with Gasteiger partial charge in [-0.1, -0.05) is 355 Å². The van der Waals surface area contributed by atoms with E-state index >= 15 is 0 Å². The van der Waals surface area contributed by atoms with Gasteiger partial charge in [0.05, 0.1) is 26.4 Å². The van der Waals surface area contributed by atoms with E-state index < -0.39 is 97.5 Å². The van der Waals surface area contributed by atoms with Gasteiger partial charge in [0.15, 0.2) is 12.2 Å². The first-order valence-corrected chi connectivity index (χ1v) is 44.8. The minimum absolute atomic E-state index is 0.101. The van der Waals surface area contributed by atoms with Gasteiger partial charge in [-0.15, -0.1) is 0 Å². The number of aliphatic hydroxyl groups is 1. The average Bonchev–Trinajstić information content (AvgIpc) is 1.17. The van der Waals surface area contributed by atoms with Crippen LogP contribution in [-0.2, 0) is 65.4 Å². The normalized spacial score (nSPS) is 14.3. The molecule has 0 aliphatic rings. The number of hydrogen-bond donors (Lipinski definition) is 3. The highest BCUT2D eigenvalue weighted by atomic mass is 31.2. The van der Waals surface area contributed by atoms with Crippen molar-refractivity contribution in [1.29, 1.82) is 0 Å². The summed E-state index contributed by atoms with van der Waals surface area (Å²) in [5.74, 6) is -0.566. The van der Waals surface area contributed by atoms with Gasteiger partial charge in [-0.25, -0.2) is 9.13 Å². The number of hydrogen-bond acceptors (Lipinski definition) is 15. The first kappa shape index (κ1) is 98.5. The van der Waals surface area contributed by atoms with Crippen molar-refractivity contribution in [3.05, 3.63) is 24.3 Å². The number of unbranched alkanes of at least 4 members (excludes halogenated alkanes) is 45. The van der Waals surface area contributed by atoms with Crippen LogP contribution < -0.4 is 0 Å². The van der Waals surface area contributed by atoms with E-state index in [2.05, 4.69) is 65.8 Å². The van der Waals surface area contributed by atoms with E-state index in [1.54, 1.807) is 0 Å². The molecule has 0 fully saturated rings. The van der Waals surface area contributed by atoms with Crippen LogP contribution in [0.1, 0.15) is 408 Å². The molecule has 101 heavy (non-hydrogen) atoms. The van der Waals surface area contributed by atoms with Crippen molar-refractivity contribution < 1.29 is 80.2 Å². The number of ether oxygens (including phenoxy) is 4. The van der Waals surface area contributed by atoms with Crippen molar-refractivity contribution in [2.24, 2.45) is 11.8 Å². The van der Waals surface area contributed by atoms with E-state index in [4.69, 9.17) is 37.0 Å². The van der Waals surface area contributed by atoms with Gasteiger partial charge in [0, 0.05) is 25.7 Å². The fourth-order valence-corrected chi connectivity index (χ4v) is 13.7. The van der Waals surface area contributed by atoms with Gasteiger partial charge in [-0.3, -0.25) is 37.3 Å². The van der Waals surface area contributed by atoms with Crippen LogP contribution in [0.2, 0.25) is 0 Å². The van der Waals surface area contributed by atoms with E-state index in [9.17, 15) is 43.2 Å². The maximum absolute atomic E-state index is 13.1. The second-order valence-corrected chi connectivity index (χ2v) is 32.5. The van der Waals surface area contributed by atoms with Crippen LogP contribution in [0.3, 0.4) is 0 Å². The first-order chi connectivity index (χ1) is 48.9. The zero-order valence-corrected chi connectivity index (χ0v) is 67.5. The minimum Gasteiger partial charge on any atom is -0.462 e. The lowest BCUT2D eigenvalue weighted by Gasteiger charge is -2.21. The van der Waals surface area contributed by atoms with Gasteiger partial charge < -0.3 is 33.8 Å². The van der Waals surface area contributed by atoms with Crippen molar-refractivity contribution >= 4 is 39.5 Å². The highest BCUT2D eigenvalue weighted by molar-refractivity contribution is 7.47. The molecule has 0 bridgehead atoms. The molecular formula is C82H156O17P2. The third kappa shape index (κ3) is 74.2. The molecule has 0 aliphatic heterocycles. The van der Waals surface area contributed by atoms with E-state index in [0.717, 1.165) is 121 Å². The van der Waals surface area contributed by atoms with E-state index in [-0.39, 0.29) is 25.7 Å². The van der Waals surface area contributed by atoms with Crippen LogP contribution in [0.25, 0.3) is 0 Å². The SMILES string of the molecule is CCCCCC/C=C\C=C/CCCCCCCC(=O)OC[C@H](COP(=O)(O)OC[C@@H](O)COP(=O)(O)OC[C@@H](COC(=O)CCCCCCCCCC(C)C)OC(=O)CCCCCCCCCCCCCCCC)OC(=O)CCCCCCCCCCCCCCCCCCCCC(C)CC. The number of carbonyl (C=O) groups excluding carboxylic acids is 4. The quantitative estimate of drug-likeness (QED) is 0.0169. The lowest BCUT2D eigenvalue weighted by Crippen LogP contribution is -2.30. The van der Waals surface area contributed by atoms with Gasteiger partial charge in [0.2, 0.25) is 0 Å². The van der Waals surface area contributed by atoms with Gasteiger partial charge >= 0.3 is 39.5 Å². The summed E-state index contributed by atoms with van der Waals surface area (Å²) >= 11 is 0. The number of allylic oxidation sites excluding steroid dienone is 4. The van der Waals surface area contributed by atoms with Crippen molar-refractivity contribution in [1.82, 2.24) is 0 Å². The lowest BCUT2D eigenvalue weighted by molar-refractivity contribution is -0.161. The Bertz CT molecular complexity index is 2040. The Hall–Kier alpha value is -2.46. The Morgan fingerprint density at radius 3 is 0.891 bits per heavy atom. The molecule has 0 aromatic carbocycles. The monoisotopic (exact) mass is 1480 g/mol. The summed E-state index contributed by atoms with van der Waals surface area (Å²) in [4.78, 5) is 73.0. The van der Waals surface area contributed by atoms with E-state index in [1.807, 2.05) is 0 Å². The Balaban J connectivity index is 5.24. The molecule has 596 valence electrons. The number of esters is 4. The molecule has 0 rings (SSSR count). The third-order valence-electron chi connectivity index (χ3n) is 18.9. The van der Waals surface area contributed by atoms with Crippen LogP contribution in [0.5, 0.6) is 0 Å². The maximum atomic E-state index is 13.1. The molecule has 6 atom stereocenters. The fourth-order valence-electron chi connectivity index (χ4n) is 12.1. The third-order valence-corrected chi connectivity index (χ3v) is 20.8. The number of phosphoric acid groups is 2. The fraction of sp³-hybridized carbons (Fsp3) is 0.902. The Morgan fingerprint density at radius 1 is 0.327 bits per heavy atom. The molecule has 17 nitrogen and oxygen atoms in total. The summed E-state index contributed by atoms with van der Waals surface area (Å²) in [5, 5.41) is 10.6. The molecule has 0 saturated carbocycles. The zero-order valence-electron chi connectivity index (χ0n) is 65.7. The Morgan fingerprint density at radius 2 is 0.584 bits per heavy atom. The standard InChI is InChI=1S/C82H156O17P2/c1-7-10-12-14-16-18-20-22-28-33-36-40-46-52-58-64-79(84)92-70-77(98-81(86)67-61-55-48-42-38-34-30-27-25-24-26-29-31-35-39-45-51-57-63-75(6)9-3)72-96-100(88,89)94-68-76(83)69-95-101(90,91)97-73-78(71-93-80(85)65-59-53-49-43-44-50-56-62-74(4)5)99-82(87)66-60-54-47-41-37-32-23-21-19-17-15-13-11-8-2/h18,20,22,28,74-78,83H,7-17,19,21,23-27,29-73H2,1-6H3,(H,88,89)(H,90,91)/b20-18-,28-22-/t75?,76-,77-,78-/m1/s1. The molecule has 0 amide bonds. The molecule has 0 aromatic rings. The molecule has 0 saturated heterocycles. The van der Waals surface area contributed by atoms with Crippen LogP contribution >= 0.6 is 15.6 Å². The van der Waals surface area contributed by atoms with Crippen molar-refractivity contribution in [2.45, 2.75) is 426 Å². The summed E-state index contributed by atoms with van der Waals surface area (Å²) < 4.78 is 68.7. The van der Waals surface area contributed by atoms with Crippen molar-refractivity contribution in [3.63, 3.8) is 0 Å². The predicted octanol–water partition coefficient (Wildman–Crippen LogP) is 24.2. The van der Waals surface area contributed by atoms with Crippen LogP contribution in [-0.4, -0.2) is 96.7 Å². The second kappa shape index (κ2) is 73.1. The topological polar surface area (TPSA) is 237 Å². The molecule has 0 heterocycles. The number of aliphatic hydroxyl groups excluding tert-OH is 1. The van der Waals surface area contributed by atoms with Crippen LogP contribution in [0.15, 0.2) is 24.3 Å². The van der Waals surface area contributed by atoms with E-state index in [1.165, 1.54) is 199 Å². The molecule has 0 aromatic heterocycles. The minimum atomic E-state index is -4.97.